The van der Waals surface area contributed by atoms with Crippen molar-refractivity contribution in [3.8, 4) is 22.6 Å². The van der Waals surface area contributed by atoms with Crippen LogP contribution in [0.3, 0.4) is 0 Å². The zero-order chi connectivity index (χ0) is 18.8. The molecule has 1 fully saturated rings. The van der Waals surface area contributed by atoms with Crippen molar-refractivity contribution in [2.24, 2.45) is 0 Å². The van der Waals surface area contributed by atoms with Crippen molar-refractivity contribution in [2.75, 3.05) is 6.54 Å². The summed E-state index contributed by atoms with van der Waals surface area (Å²) in [5.74, 6) is 1.28. The van der Waals surface area contributed by atoms with Crippen molar-refractivity contribution >= 4 is 0 Å². The van der Waals surface area contributed by atoms with Gasteiger partial charge in [-0.05, 0) is 37.1 Å². The Morgan fingerprint density at radius 1 is 1.07 bits per heavy atom. The van der Waals surface area contributed by atoms with Gasteiger partial charge in [0.2, 0.25) is 11.7 Å². The standard InChI is InChI=1S/C21H20N6O/c1-2-5-15(6-3-1)19-17(13-23-25-19)14-27-12-4-7-18(27)21-24-20(26-28-21)16-8-10-22-11-9-16/h1-3,5-6,8-11,13,18H,4,7,12,14H2,(H,23,25). The van der Waals surface area contributed by atoms with E-state index in [2.05, 4.69) is 42.4 Å². The quantitative estimate of drug-likeness (QED) is 0.573. The van der Waals surface area contributed by atoms with Gasteiger partial charge in [-0.2, -0.15) is 10.1 Å². The van der Waals surface area contributed by atoms with Crippen LogP contribution in [0.2, 0.25) is 0 Å². The smallest absolute Gasteiger partial charge is 0.244 e. The first-order valence-corrected chi connectivity index (χ1v) is 9.44. The second-order valence-corrected chi connectivity index (χ2v) is 6.96. The molecule has 0 radical (unpaired) electrons. The van der Waals surface area contributed by atoms with E-state index in [1.807, 2.05) is 36.5 Å². The van der Waals surface area contributed by atoms with E-state index in [1.165, 1.54) is 5.56 Å². The monoisotopic (exact) mass is 372 g/mol. The normalized spacial score (nSPS) is 17.2. The molecule has 1 aliphatic rings. The minimum atomic E-state index is 0.126. The van der Waals surface area contributed by atoms with Crippen LogP contribution < -0.4 is 0 Å². The molecule has 0 spiro atoms. The van der Waals surface area contributed by atoms with E-state index >= 15 is 0 Å². The number of hydrogen-bond donors (Lipinski definition) is 1. The Morgan fingerprint density at radius 3 is 2.79 bits per heavy atom. The fraction of sp³-hybridized carbons (Fsp3) is 0.238. The van der Waals surface area contributed by atoms with E-state index < -0.39 is 0 Å². The average molecular weight is 372 g/mol. The number of aromatic amines is 1. The Bertz CT molecular complexity index is 1040. The molecule has 1 saturated heterocycles. The molecule has 1 aliphatic heterocycles. The van der Waals surface area contributed by atoms with Crippen LogP contribution in [0.4, 0.5) is 0 Å². The fourth-order valence-corrected chi connectivity index (χ4v) is 3.79. The molecule has 3 aromatic heterocycles. The Morgan fingerprint density at radius 2 is 1.93 bits per heavy atom. The first-order valence-electron chi connectivity index (χ1n) is 9.44. The lowest BCUT2D eigenvalue weighted by Crippen LogP contribution is -2.23. The third-order valence-electron chi connectivity index (χ3n) is 5.18. The van der Waals surface area contributed by atoms with Crippen LogP contribution in [0.1, 0.15) is 30.3 Å². The maximum absolute atomic E-state index is 5.62. The van der Waals surface area contributed by atoms with Crippen LogP contribution in [0.15, 0.2) is 65.6 Å². The molecule has 4 heterocycles. The topological polar surface area (TPSA) is 83.7 Å². The van der Waals surface area contributed by atoms with E-state index in [1.54, 1.807) is 12.4 Å². The number of pyridine rings is 1. The Balaban J connectivity index is 1.38. The second-order valence-electron chi connectivity index (χ2n) is 6.96. The van der Waals surface area contributed by atoms with Crippen LogP contribution in [0.5, 0.6) is 0 Å². The van der Waals surface area contributed by atoms with Crippen molar-refractivity contribution in [3.05, 3.63) is 72.5 Å². The van der Waals surface area contributed by atoms with Gasteiger partial charge in [0.05, 0.1) is 17.9 Å². The first kappa shape index (κ1) is 16.8. The highest BCUT2D eigenvalue weighted by Crippen LogP contribution is 2.34. The maximum Gasteiger partial charge on any atom is 0.244 e. The Labute approximate surface area is 162 Å². The van der Waals surface area contributed by atoms with Crippen LogP contribution in [0, 0.1) is 0 Å². The number of likely N-dealkylation sites (tertiary alicyclic amines) is 1. The largest absolute Gasteiger partial charge is 0.337 e. The SMILES string of the molecule is c1ccc(-c2[nH]ncc2CN2CCCC2c2nc(-c3ccncc3)no2)cc1. The molecule has 0 bridgehead atoms. The summed E-state index contributed by atoms with van der Waals surface area (Å²) in [5.41, 5.74) is 4.29. The van der Waals surface area contributed by atoms with Gasteiger partial charge in [0.15, 0.2) is 0 Å². The highest BCUT2D eigenvalue weighted by atomic mass is 16.5. The van der Waals surface area contributed by atoms with Gasteiger partial charge < -0.3 is 4.52 Å². The third-order valence-corrected chi connectivity index (χ3v) is 5.18. The van der Waals surface area contributed by atoms with Gasteiger partial charge in [-0.15, -0.1) is 0 Å². The molecule has 28 heavy (non-hydrogen) atoms. The Kier molecular flexibility index (Phi) is 4.42. The number of benzene rings is 1. The molecule has 0 saturated carbocycles. The van der Waals surface area contributed by atoms with Crippen molar-refractivity contribution in [1.29, 1.82) is 0 Å². The predicted molar refractivity (Wildman–Crippen MR) is 104 cm³/mol. The molecule has 1 atom stereocenters. The third kappa shape index (κ3) is 3.20. The summed E-state index contributed by atoms with van der Waals surface area (Å²) in [7, 11) is 0. The van der Waals surface area contributed by atoms with Crippen LogP contribution >= 0.6 is 0 Å². The number of H-pyrrole nitrogens is 1. The van der Waals surface area contributed by atoms with Crippen molar-refractivity contribution in [3.63, 3.8) is 0 Å². The lowest BCUT2D eigenvalue weighted by molar-refractivity contribution is 0.201. The number of aromatic nitrogens is 5. The lowest BCUT2D eigenvalue weighted by Gasteiger charge is -2.21. The average Bonchev–Trinajstić information content (AvgIpc) is 3.50. The summed E-state index contributed by atoms with van der Waals surface area (Å²) in [6.45, 7) is 1.79. The van der Waals surface area contributed by atoms with E-state index in [0.29, 0.717) is 11.7 Å². The lowest BCUT2D eigenvalue weighted by atomic mass is 10.1. The summed E-state index contributed by atoms with van der Waals surface area (Å²) >= 11 is 0. The molecular weight excluding hydrogens is 352 g/mol. The predicted octanol–water partition coefficient (Wildman–Crippen LogP) is 3.86. The number of nitrogens with one attached hydrogen (secondary N) is 1. The minimum absolute atomic E-state index is 0.126. The van der Waals surface area contributed by atoms with Crippen LogP contribution in [0.25, 0.3) is 22.6 Å². The molecule has 7 heteroatoms. The number of nitrogens with zero attached hydrogens (tertiary/aromatic N) is 5. The molecule has 1 aromatic carbocycles. The molecular formula is C21H20N6O. The molecule has 7 nitrogen and oxygen atoms in total. The van der Waals surface area contributed by atoms with Crippen LogP contribution in [-0.2, 0) is 6.54 Å². The number of hydrogen-bond acceptors (Lipinski definition) is 6. The molecule has 0 amide bonds. The van der Waals surface area contributed by atoms with Gasteiger partial charge in [0, 0.05) is 30.1 Å². The van der Waals surface area contributed by atoms with Gasteiger partial charge >= 0.3 is 0 Å². The highest BCUT2D eigenvalue weighted by molar-refractivity contribution is 5.62. The molecule has 1 N–H and O–H groups in total. The summed E-state index contributed by atoms with van der Waals surface area (Å²) in [5, 5.41) is 11.6. The molecule has 4 aromatic rings. The zero-order valence-corrected chi connectivity index (χ0v) is 15.3. The van der Waals surface area contributed by atoms with Crippen molar-refractivity contribution in [1.82, 2.24) is 30.2 Å². The van der Waals surface area contributed by atoms with Gasteiger partial charge in [-0.3, -0.25) is 15.0 Å². The van der Waals surface area contributed by atoms with Crippen LogP contribution in [-0.4, -0.2) is 36.8 Å². The molecule has 1 unspecified atom stereocenters. The first-order chi connectivity index (χ1) is 13.9. The summed E-state index contributed by atoms with van der Waals surface area (Å²) in [6.07, 6.45) is 7.50. The maximum atomic E-state index is 5.62. The Hall–Kier alpha value is -3.32. The summed E-state index contributed by atoms with van der Waals surface area (Å²) < 4.78 is 5.62. The van der Waals surface area contributed by atoms with Crippen molar-refractivity contribution < 1.29 is 4.52 Å². The summed E-state index contributed by atoms with van der Waals surface area (Å²) in [4.78, 5) is 11.1. The van der Waals surface area contributed by atoms with Gasteiger partial charge in [-0.25, -0.2) is 0 Å². The van der Waals surface area contributed by atoms with E-state index in [0.717, 1.165) is 42.8 Å². The minimum Gasteiger partial charge on any atom is -0.337 e. The molecule has 5 rings (SSSR count). The van der Waals surface area contributed by atoms with Gasteiger partial charge in [0.1, 0.15) is 0 Å². The number of rotatable bonds is 5. The van der Waals surface area contributed by atoms with E-state index in [9.17, 15) is 0 Å². The van der Waals surface area contributed by atoms with Gasteiger partial charge in [-0.1, -0.05) is 35.5 Å². The van der Waals surface area contributed by atoms with E-state index in [4.69, 9.17) is 4.52 Å². The summed E-state index contributed by atoms with van der Waals surface area (Å²) in [6, 6.07) is 14.2. The zero-order valence-electron chi connectivity index (χ0n) is 15.3. The molecule has 0 aliphatic carbocycles. The van der Waals surface area contributed by atoms with E-state index in [-0.39, 0.29) is 6.04 Å². The van der Waals surface area contributed by atoms with Gasteiger partial charge in [0.25, 0.3) is 0 Å². The second kappa shape index (κ2) is 7.36. The fourth-order valence-electron chi connectivity index (χ4n) is 3.79. The molecule has 140 valence electrons. The van der Waals surface area contributed by atoms with Crippen molar-refractivity contribution in [2.45, 2.75) is 25.4 Å². The highest BCUT2D eigenvalue weighted by Gasteiger charge is 2.31.